The molecule has 208 valence electrons. The number of fused-ring (bicyclic) bond motifs is 3. The molecule has 2 heteroatoms. The lowest BCUT2D eigenvalue weighted by molar-refractivity contribution is 1.18. The molecule has 7 aromatic rings. The molecule has 0 aliphatic heterocycles. The third-order valence-corrected chi connectivity index (χ3v) is 7.35. The minimum Gasteiger partial charge on any atom is -0.345 e. The van der Waals surface area contributed by atoms with Crippen LogP contribution in [0.5, 0.6) is 0 Å². The Balaban J connectivity index is 0.000000159. The summed E-state index contributed by atoms with van der Waals surface area (Å²) < 4.78 is 2.34. The van der Waals surface area contributed by atoms with Crippen molar-refractivity contribution in [3.05, 3.63) is 163 Å². The van der Waals surface area contributed by atoms with E-state index < -0.39 is 0 Å². The Bertz CT molecular complexity index is 1840. The van der Waals surface area contributed by atoms with Crippen LogP contribution >= 0.6 is 0 Å². The zero-order valence-electron chi connectivity index (χ0n) is 24.9. The molecule has 0 unspecified atom stereocenters. The number of anilines is 2. The molecule has 0 fully saturated rings. The van der Waals surface area contributed by atoms with E-state index in [1.54, 1.807) is 0 Å². The van der Waals surface area contributed by atoms with E-state index in [0.717, 1.165) is 0 Å². The summed E-state index contributed by atoms with van der Waals surface area (Å²) in [6.45, 7) is 6.15. The summed E-state index contributed by atoms with van der Waals surface area (Å²) in [6, 6.07) is 55.3. The maximum atomic E-state index is 2.34. The van der Waals surface area contributed by atoms with Crippen LogP contribution in [-0.4, -0.2) is 11.6 Å². The number of hydrogen-bond acceptors (Lipinski definition) is 1. The van der Waals surface area contributed by atoms with Crippen LogP contribution in [0.25, 0.3) is 38.6 Å². The van der Waals surface area contributed by atoms with E-state index in [9.17, 15) is 0 Å². The second-order valence-electron chi connectivity index (χ2n) is 10.0. The van der Waals surface area contributed by atoms with Gasteiger partial charge in [-0.15, -0.1) is 0 Å². The molecule has 2 nitrogen and oxygen atoms in total. The van der Waals surface area contributed by atoms with Gasteiger partial charge in [-0.1, -0.05) is 123 Å². The Hall–Kier alpha value is -5.08. The van der Waals surface area contributed by atoms with Gasteiger partial charge in [0.15, 0.2) is 0 Å². The molecule has 0 aliphatic rings. The predicted molar refractivity (Wildman–Crippen MR) is 183 cm³/mol. The van der Waals surface area contributed by atoms with Crippen molar-refractivity contribution >= 4 is 33.2 Å². The number of benzene rings is 6. The molecule has 0 saturated carbocycles. The number of rotatable bonds is 4. The Morgan fingerprint density at radius 3 is 1.62 bits per heavy atom. The predicted octanol–water partition coefficient (Wildman–Crippen LogP) is 11.2. The molecule has 0 aliphatic carbocycles. The summed E-state index contributed by atoms with van der Waals surface area (Å²) in [5.74, 6) is 0. The van der Waals surface area contributed by atoms with Gasteiger partial charge in [-0.3, -0.25) is 0 Å². The Morgan fingerprint density at radius 1 is 0.452 bits per heavy atom. The SMILES string of the molecule is CC.CN(c1ccccc1)c1ccc(-c2ccccc2)cc1.Cc1ccc2c(c1)c1ccccc1n2-c1ccccc1. The van der Waals surface area contributed by atoms with Crippen LogP contribution in [0.4, 0.5) is 11.4 Å². The summed E-state index contributed by atoms with van der Waals surface area (Å²) in [7, 11) is 2.09. The molecule has 1 aromatic heterocycles. The molecule has 0 radical (unpaired) electrons. The van der Waals surface area contributed by atoms with Gasteiger partial charge in [0.05, 0.1) is 11.0 Å². The van der Waals surface area contributed by atoms with Crippen LogP contribution in [0.1, 0.15) is 19.4 Å². The van der Waals surface area contributed by atoms with Crippen LogP contribution in [0.15, 0.2) is 158 Å². The van der Waals surface area contributed by atoms with E-state index in [1.165, 1.54) is 55.6 Å². The van der Waals surface area contributed by atoms with Crippen molar-refractivity contribution in [2.75, 3.05) is 11.9 Å². The lowest BCUT2D eigenvalue weighted by atomic mass is 10.1. The molecule has 1 heterocycles. The first-order valence-electron chi connectivity index (χ1n) is 14.7. The van der Waals surface area contributed by atoms with E-state index in [0.29, 0.717) is 0 Å². The van der Waals surface area contributed by atoms with Gasteiger partial charge in [-0.05, 0) is 72.6 Å². The van der Waals surface area contributed by atoms with Crippen LogP contribution in [0, 0.1) is 6.92 Å². The summed E-state index contributed by atoms with van der Waals surface area (Å²) >= 11 is 0. The van der Waals surface area contributed by atoms with Gasteiger partial charge >= 0.3 is 0 Å². The first-order valence-corrected chi connectivity index (χ1v) is 14.7. The fraction of sp³-hybridized carbons (Fsp3) is 0.100. The van der Waals surface area contributed by atoms with Crippen molar-refractivity contribution in [1.82, 2.24) is 4.57 Å². The fourth-order valence-electron chi connectivity index (χ4n) is 5.25. The number of para-hydroxylation sites is 3. The van der Waals surface area contributed by atoms with Crippen molar-refractivity contribution < 1.29 is 0 Å². The van der Waals surface area contributed by atoms with Gasteiger partial charge in [0.25, 0.3) is 0 Å². The van der Waals surface area contributed by atoms with Crippen molar-refractivity contribution in [1.29, 1.82) is 0 Å². The summed E-state index contributed by atoms with van der Waals surface area (Å²) in [5.41, 5.74) is 9.92. The Labute approximate surface area is 250 Å². The highest BCUT2D eigenvalue weighted by Gasteiger charge is 2.11. The zero-order valence-corrected chi connectivity index (χ0v) is 24.9. The highest BCUT2D eigenvalue weighted by molar-refractivity contribution is 6.09. The zero-order chi connectivity index (χ0) is 29.3. The normalized spacial score (nSPS) is 10.4. The largest absolute Gasteiger partial charge is 0.345 e. The highest BCUT2D eigenvalue weighted by atomic mass is 15.1. The first kappa shape index (κ1) is 28.4. The molecule has 0 amide bonds. The van der Waals surface area contributed by atoms with E-state index >= 15 is 0 Å². The van der Waals surface area contributed by atoms with Gasteiger partial charge in [-0.2, -0.15) is 0 Å². The van der Waals surface area contributed by atoms with E-state index in [4.69, 9.17) is 0 Å². The van der Waals surface area contributed by atoms with E-state index in [1.807, 2.05) is 26.0 Å². The Morgan fingerprint density at radius 2 is 0.952 bits per heavy atom. The van der Waals surface area contributed by atoms with Crippen molar-refractivity contribution in [3.63, 3.8) is 0 Å². The minimum absolute atomic E-state index is 1.19. The molecule has 6 aromatic carbocycles. The maximum absolute atomic E-state index is 2.34. The molecule has 0 bridgehead atoms. The van der Waals surface area contributed by atoms with E-state index in [2.05, 4.69) is 169 Å². The van der Waals surface area contributed by atoms with Crippen LogP contribution in [0.3, 0.4) is 0 Å². The number of hydrogen-bond donors (Lipinski definition) is 0. The summed E-state index contributed by atoms with van der Waals surface area (Å²) in [4.78, 5) is 2.19. The summed E-state index contributed by atoms with van der Waals surface area (Å²) in [6.07, 6.45) is 0. The third kappa shape index (κ3) is 6.14. The fourth-order valence-corrected chi connectivity index (χ4v) is 5.25. The van der Waals surface area contributed by atoms with Crippen molar-refractivity contribution in [2.45, 2.75) is 20.8 Å². The van der Waals surface area contributed by atoms with Crippen LogP contribution in [-0.2, 0) is 0 Å². The second-order valence-corrected chi connectivity index (χ2v) is 10.0. The second kappa shape index (κ2) is 13.5. The van der Waals surface area contributed by atoms with Gasteiger partial charge < -0.3 is 9.47 Å². The molecular weight excluding hydrogens is 508 g/mol. The average molecular weight is 547 g/mol. The standard InChI is InChI=1S/C19H15N.C19H17N.C2H6/c1-14-11-12-19-17(13-14)16-9-5-6-10-18(16)20(19)15-7-3-2-4-8-15;1-20(18-10-6-3-7-11-18)19-14-12-17(13-15-19)16-8-4-2-5-9-16;1-2/h2-13H,1H3;2-15H,1H3;1-2H3. The van der Waals surface area contributed by atoms with E-state index in [-0.39, 0.29) is 0 Å². The molecule has 7 rings (SSSR count). The molecule has 0 atom stereocenters. The summed E-state index contributed by atoms with van der Waals surface area (Å²) in [5, 5.41) is 2.64. The monoisotopic (exact) mass is 546 g/mol. The molecule has 0 N–H and O–H groups in total. The van der Waals surface area contributed by atoms with Crippen LogP contribution < -0.4 is 4.90 Å². The maximum Gasteiger partial charge on any atom is 0.0541 e. The van der Waals surface area contributed by atoms with Gasteiger partial charge in [0.2, 0.25) is 0 Å². The molecular formula is C40H38N2. The van der Waals surface area contributed by atoms with Gasteiger partial charge in [0, 0.05) is 34.9 Å². The van der Waals surface area contributed by atoms with Gasteiger partial charge in [-0.25, -0.2) is 0 Å². The highest BCUT2D eigenvalue weighted by Crippen LogP contribution is 2.32. The van der Waals surface area contributed by atoms with Crippen molar-refractivity contribution in [3.8, 4) is 16.8 Å². The number of aryl methyl sites for hydroxylation is 1. The Kier molecular flexibility index (Phi) is 9.16. The number of nitrogens with zero attached hydrogens (tertiary/aromatic N) is 2. The van der Waals surface area contributed by atoms with Gasteiger partial charge in [0.1, 0.15) is 0 Å². The van der Waals surface area contributed by atoms with Crippen molar-refractivity contribution in [2.24, 2.45) is 0 Å². The number of aromatic nitrogens is 1. The topological polar surface area (TPSA) is 8.17 Å². The molecule has 0 spiro atoms. The lowest BCUT2D eigenvalue weighted by Gasteiger charge is -2.19. The average Bonchev–Trinajstić information content (AvgIpc) is 3.40. The van der Waals surface area contributed by atoms with Crippen LogP contribution in [0.2, 0.25) is 0 Å². The quantitative estimate of drug-likeness (QED) is 0.213. The molecule has 0 saturated heterocycles. The smallest absolute Gasteiger partial charge is 0.0541 e. The minimum atomic E-state index is 1.19. The lowest BCUT2D eigenvalue weighted by Crippen LogP contribution is -2.08. The third-order valence-electron chi connectivity index (χ3n) is 7.35. The molecule has 42 heavy (non-hydrogen) atoms. The first-order chi connectivity index (χ1) is 20.7.